The lowest BCUT2D eigenvalue weighted by atomic mass is 10.1. The molecule has 3 rings (SSSR count). The molecule has 140 valence electrons. The standard InChI is InChI=1S/C18H18ClN5O3/c1-18(2,3)27-17(25)24-23-12-7-11(9-20-10-12)13-8-14(22-16(19)21-13)15-5-4-6-26-15/h4-10,23H,1-3H3,(H,24,25). The van der Waals surface area contributed by atoms with Crippen LogP contribution in [0.5, 0.6) is 0 Å². The summed E-state index contributed by atoms with van der Waals surface area (Å²) in [4.78, 5) is 24.3. The van der Waals surface area contributed by atoms with Crippen molar-refractivity contribution in [2.24, 2.45) is 0 Å². The summed E-state index contributed by atoms with van der Waals surface area (Å²) in [5.74, 6) is 0.578. The maximum absolute atomic E-state index is 11.7. The maximum atomic E-state index is 11.7. The van der Waals surface area contributed by atoms with E-state index in [1.807, 2.05) is 0 Å². The van der Waals surface area contributed by atoms with E-state index in [1.165, 1.54) is 0 Å². The Morgan fingerprint density at radius 3 is 2.67 bits per heavy atom. The first-order valence-corrected chi connectivity index (χ1v) is 8.47. The van der Waals surface area contributed by atoms with Crippen molar-refractivity contribution in [1.82, 2.24) is 20.4 Å². The second-order valence-electron chi connectivity index (χ2n) is 6.60. The van der Waals surface area contributed by atoms with E-state index in [-0.39, 0.29) is 5.28 Å². The van der Waals surface area contributed by atoms with Gasteiger partial charge in [0.25, 0.3) is 0 Å². The van der Waals surface area contributed by atoms with Crippen molar-refractivity contribution in [2.45, 2.75) is 26.4 Å². The number of hydrogen-bond donors (Lipinski definition) is 2. The van der Waals surface area contributed by atoms with Gasteiger partial charge in [-0.2, -0.15) is 0 Å². The fourth-order valence-corrected chi connectivity index (χ4v) is 2.37. The third kappa shape index (κ3) is 5.18. The molecule has 0 saturated carbocycles. The summed E-state index contributed by atoms with van der Waals surface area (Å²) in [7, 11) is 0. The van der Waals surface area contributed by atoms with Crippen LogP contribution in [0.3, 0.4) is 0 Å². The number of hydrazine groups is 1. The molecule has 27 heavy (non-hydrogen) atoms. The Morgan fingerprint density at radius 2 is 1.96 bits per heavy atom. The molecular formula is C18H18ClN5O3. The van der Waals surface area contributed by atoms with Gasteiger partial charge in [0.15, 0.2) is 5.76 Å². The predicted molar refractivity (Wildman–Crippen MR) is 101 cm³/mol. The van der Waals surface area contributed by atoms with Crippen LogP contribution in [0.15, 0.2) is 47.3 Å². The van der Waals surface area contributed by atoms with Gasteiger partial charge in [-0.15, -0.1) is 0 Å². The minimum Gasteiger partial charge on any atom is -0.463 e. The molecule has 0 aromatic carbocycles. The fourth-order valence-electron chi connectivity index (χ4n) is 2.19. The molecule has 8 nitrogen and oxygen atoms in total. The van der Waals surface area contributed by atoms with Gasteiger partial charge in [-0.05, 0) is 56.6 Å². The second kappa shape index (κ2) is 7.63. The molecular weight excluding hydrogens is 370 g/mol. The van der Waals surface area contributed by atoms with Gasteiger partial charge in [-0.1, -0.05) is 0 Å². The van der Waals surface area contributed by atoms with Crippen LogP contribution in [0.25, 0.3) is 22.7 Å². The lowest BCUT2D eigenvalue weighted by Crippen LogP contribution is -2.35. The van der Waals surface area contributed by atoms with E-state index in [4.69, 9.17) is 20.8 Å². The van der Waals surface area contributed by atoms with E-state index in [2.05, 4.69) is 25.8 Å². The van der Waals surface area contributed by atoms with Crippen LogP contribution in [0.4, 0.5) is 10.5 Å². The zero-order chi connectivity index (χ0) is 19.4. The Balaban J connectivity index is 1.79. The normalized spacial score (nSPS) is 11.1. The molecule has 1 amide bonds. The van der Waals surface area contributed by atoms with Crippen molar-refractivity contribution in [3.05, 3.63) is 48.2 Å². The number of nitrogens with one attached hydrogen (secondary N) is 2. The van der Waals surface area contributed by atoms with Gasteiger partial charge in [0, 0.05) is 11.8 Å². The van der Waals surface area contributed by atoms with Crippen LogP contribution >= 0.6 is 11.6 Å². The molecule has 0 bridgehead atoms. The third-order valence-electron chi connectivity index (χ3n) is 3.21. The van der Waals surface area contributed by atoms with E-state index >= 15 is 0 Å². The Kier molecular flexibility index (Phi) is 5.27. The quantitative estimate of drug-likeness (QED) is 0.508. The number of furan rings is 1. The van der Waals surface area contributed by atoms with Crippen LogP contribution in [0, 0.1) is 0 Å². The summed E-state index contributed by atoms with van der Waals surface area (Å²) in [6.45, 7) is 5.35. The molecule has 0 saturated heterocycles. The minimum atomic E-state index is -0.599. The zero-order valence-electron chi connectivity index (χ0n) is 15.0. The molecule has 0 spiro atoms. The summed E-state index contributed by atoms with van der Waals surface area (Å²) in [5.41, 5.74) is 6.97. The van der Waals surface area contributed by atoms with Gasteiger partial charge >= 0.3 is 6.09 Å². The number of carbonyl (C=O) groups excluding carboxylic acids is 1. The number of nitrogens with zero attached hydrogens (tertiary/aromatic N) is 3. The highest BCUT2D eigenvalue weighted by atomic mass is 35.5. The molecule has 0 aliphatic rings. The number of carbonyl (C=O) groups is 1. The van der Waals surface area contributed by atoms with Gasteiger partial charge in [-0.3, -0.25) is 10.4 Å². The molecule has 0 aliphatic carbocycles. The van der Waals surface area contributed by atoms with Crippen LogP contribution in [0.1, 0.15) is 20.8 Å². The Labute approximate surface area is 160 Å². The van der Waals surface area contributed by atoms with Crippen LogP contribution in [0.2, 0.25) is 5.28 Å². The van der Waals surface area contributed by atoms with Crippen molar-refractivity contribution in [1.29, 1.82) is 0 Å². The van der Waals surface area contributed by atoms with Crippen molar-refractivity contribution in [3.63, 3.8) is 0 Å². The fraction of sp³-hybridized carbons (Fsp3) is 0.222. The monoisotopic (exact) mass is 387 g/mol. The van der Waals surface area contributed by atoms with Gasteiger partial charge in [0.2, 0.25) is 5.28 Å². The smallest absolute Gasteiger partial charge is 0.426 e. The minimum absolute atomic E-state index is 0.0872. The van der Waals surface area contributed by atoms with E-state index in [9.17, 15) is 4.79 Å². The topological polar surface area (TPSA) is 102 Å². The van der Waals surface area contributed by atoms with Gasteiger partial charge < -0.3 is 9.15 Å². The zero-order valence-corrected chi connectivity index (χ0v) is 15.7. The molecule has 3 heterocycles. The number of amides is 1. The number of halogens is 1. The Hall–Kier alpha value is -3.13. The molecule has 0 fully saturated rings. The molecule has 0 atom stereocenters. The third-order valence-corrected chi connectivity index (χ3v) is 3.38. The number of anilines is 1. The highest BCUT2D eigenvalue weighted by Crippen LogP contribution is 2.26. The molecule has 0 radical (unpaired) electrons. The molecule has 0 unspecified atom stereocenters. The second-order valence-corrected chi connectivity index (χ2v) is 6.94. The number of aromatic nitrogens is 3. The summed E-state index contributed by atoms with van der Waals surface area (Å²) < 4.78 is 10.5. The Bertz CT molecular complexity index is 938. The van der Waals surface area contributed by atoms with Crippen LogP contribution < -0.4 is 10.9 Å². The van der Waals surface area contributed by atoms with Gasteiger partial charge in [-0.25, -0.2) is 20.2 Å². The van der Waals surface area contributed by atoms with Crippen LogP contribution in [-0.2, 0) is 4.74 Å². The highest BCUT2D eigenvalue weighted by Gasteiger charge is 2.16. The summed E-state index contributed by atoms with van der Waals surface area (Å²) in [6, 6.07) is 7.05. The molecule has 9 heteroatoms. The van der Waals surface area contributed by atoms with Crippen LogP contribution in [-0.4, -0.2) is 26.6 Å². The van der Waals surface area contributed by atoms with E-state index < -0.39 is 11.7 Å². The number of ether oxygens (including phenoxy) is 1. The molecule has 3 aromatic rings. The van der Waals surface area contributed by atoms with Crippen molar-refractivity contribution in [3.8, 4) is 22.7 Å². The number of rotatable bonds is 4. The average Bonchev–Trinajstić information content (AvgIpc) is 3.13. The molecule has 2 N–H and O–H groups in total. The Morgan fingerprint density at radius 1 is 1.19 bits per heavy atom. The number of hydrogen-bond acceptors (Lipinski definition) is 7. The first-order valence-electron chi connectivity index (χ1n) is 8.09. The van der Waals surface area contributed by atoms with E-state index in [1.54, 1.807) is 63.7 Å². The molecule has 0 aliphatic heterocycles. The van der Waals surface area contributed by atoms with E-state index in [0.29, 0.717) is 28.4 Å². The first-order chi connectivity index (χ1) is 12.8. The maximum Gasteiger partial charge on any atom is 0.426 e. The SMILES string of the molecule is CC(C)(C)OC(=O)NNc1cncc(-c2cc(-c3ccco3)nc(Cl)n2)c1. The van der Waals surface area contributed by atoms with Gasteiger partial charge in [0.05, 0.1) is 23.8 Å². The summed E-state index contributed by atoms with van der Waals surface area (Å²) in [6.07, 6.45) is 4.14. The lowest BCUT2D eigenvalue weighted by Gasteiger charge is -2.20. The summed E-state index contributed by atoms with van der Waals surface area (Å²) in [5, 5.41) is 0.0872. The average molecular weight is 388 g/mol. The van der Waals surface area contributed by atoms with Crippen molar-refractivity contribution < 1.29 is 13.9 Å². The molecule has 3 aromatic heterocycles. The number of pyridine rings is 1. The lowest BCUT2D eigenvalue weighted by molar-refractivity contribution is 0.0541. The van der Waals surface area contributed by atoms with E-state index in [0.717, 1.165) is 0 Å². The summed E-state index contributed by atoms with van der Waals surface area (Å²) >= 11 is 6.05. The van der Waals surface area contributed by atoms with Gasteiger partial charge in [0.1, 0.15) is 11.3 Å². The largest absolute Gasteiger partial charge is 0.463 e. The van der Waals surface area contributed by atoms with Crippen molar-refractivity contribution >= 4 is 23.4 Å². The first kappa shape index (κ1) is 18.7. The van der Waals surface area contributed by atoms with Crippen molar-refractivity contribution in [2.75, 3.05) is 5.43 Å². The predicted octanol–water partition coefficient (Wildman–Crippen LogP) is 4.30. The highest BCUT2D eigenvalue weighted by molar-refractivity contribution is 6.28.